The first-order valence-electron chi connectivity index (χ1n) is 7.20. The molecule has 2 rings (SSSR count). The highest BCUT2D eigenvalue weighted by atomic mass is 16.1. The third kappa shape index (κ3) is 3.58. The maximum Gasteiger partial charge on any atom is 0.221 e. The maximum absolute atomic E-state index is 11.9. The molecule has 2 aromatic rings. The summed E-state index contributed by atoms with van der Waals surface area (Å²) < 4.78 is 0. The molecule has 1 atom stereocenters. The number of nitrogens with one attached hydrogen (secondary N) is 2. The molecule has 1 amide bonds. The minimum Gasteiger partial charge on any atom is -0.350 e. The second-order valence-corrected chi connectivity index (χ2v) is 4.96. The van der Waals surface area contributed by atoms with E-state index in [0.717, 1.165) is 13.1 Å². The molecule has 0 bridgehead atoms. The van der Waals surface area contributed by atoms with Gasteiger partial charge in [-0.15, -0.1) is 0 Å². The van der Waals surface area contributed by atoms with Crippen molar-refractivity contribution in [1.29, 1.82) is 0 Å². The summed E-state index contributed by atoms with van der Waals surface area (Å²) in [6.07, 6.45) is 0.517. The third-order valence-corrected chi connectivity index (χ3v) is 3.45. The highest BCUT2D eigenvalue weighted by molar-refractivity contribution is 5.86. The molecule has 106 valence electrons. The lowest BCUT2D eigenvalue weighted by Gasteiger charge is -2.16. The van der Waals surface area contributed by atoms with Gasteiger partial charge in [-0.05, 0) is 29.8 Å². The highest BCUT2D eigenvalue weighted by Crippen LogP contribution is 2.23. The lowest BCUT2D eigenvalue weighted by molar-refractivity contribution is -0.121. The monoisotopic (exact) mass is 270 g/mol. The molecule has 3 heteroatoms. The van der Waals surface area contributed by atoms with E-state index in [1.807, 2.05) is 32.0 Å². The second-order valence-electron chi connectivity index (χ2n) is 4.96. The van der Waals surface area contributed by atoms with Crippen molar-refractivity contribution in [2.24, 2.45) is 0 Å². The number of carbonyl (C=O) groups excluding carboxylic acids is 1. The summed E-state index contributed by atoms with van der Waals surface area (Å²) in [5.41, 5.74) is 1.17. The van der Waals surface area contributed by atoms with E-state index in [1.54, 1.807) is 0 Å². The zero-order valence-corrected chi connectivity index (χ0v) is 12.1. The van der Waals surface area contributed by atoms with Crippen LogP contribution in [0.5, 0.6) is 0 Å². The van der Waals surface area contributed by atoms with Crippen LogP contribution in [-0.4, -0.2) is 19.0 Å². The Labute approximate surface area is 120 Å². The molecular weight excluding hydrogens is 248 g/mol. The molecule has 0 aliphatic heterocycles. The summed E-state index contributed by atoms with van der Waals surface area (Å²) >= 11 is 0. The fourth-order valence-electron chi connectivity index (χ4n) is 2.40. The first kappa shape index (κ1) is 14.5. The van der Waals surface area contributed by atoms with Gasteiger partial charge in [0.05, 0.1) is 6.04 Å². The van der Waals surface area contributed by atoms with Crippen LogP contribution in [0.25, 0.3) is 10.8 Å². The Hall–Kier alpha value is -1.87. The van der Waals surface area contributed by atoms with Crippen LogP contribution < -0.4 is 10.6 Å². The van der Waals surface area contributed by atoms with Gasteiger partial charge in [-0.25, -0.2) is 0 Å². The predicted octanol–water partition coefficient (Wildman–Crippen LogP) is 3.02. The van der Waals surface area contributed by atoms with Crippen molar-refractivity contribution in [3.8, 4) is 0 Å². The summed E-state index contributed by atoms with van der Waals surface area (Å²) in [4.78, 5) is 11.9. The number of hydrogen-bond acceptors (Lipinski definition) is 2. The van der Waals surface area contributed by atoms with Crippen LogP contribution >= 0.6 is 0 Å². The first-order valence-corrected chi connectivity index (χ1v) is 7.20. The summed E-state index contributed by atoms with van der Waals surface area (Å²) in [6.45, 7) is 5.69. The summed E-state index contributed by atoms with van der Waals surface area (Å²) in [7, 11) is 0. The van der Waals surface area contributed by atoms with Crippen molar-refractivity contribution in [3.63, 3.8) is 0 Å². The van der Waals surface area contributed by atoms with Crippen molar-refractivity contribution >= 4 is 16.7 Å². The van der Waals surface area contributed by atoms with E-state index in [2.05, 4.69) is 34.9 Å². The fourth-order valence-corrected chi connectivity index (χ4v) is 2.40. The van der Waals surface area contributed by atoms with Gasteiger partial charge in [0.15, 0.2) is 0 Å². The third-order valence-electron chi connectivity index (χ3n) is 3.45. The largest absolute Gasteiger partial charge is 0.350 e. The van der Waals surface area contributed by atoms with Crippen LogP contribution in [0.3, 0.4) is 0 Å². The Morgan fingerprint density at radius 1 is 1.15 bits per heavy atom. The fraction of sp³-hybridized carbons (Fsp3) is 0.353. The highest BCUT2D eigenvalue weighted by Gasteiger charge is 2.11. The maximum atomic E-state index is 11.9. The molecule has 0 saturated heterocycles. The quantitative estimate of drug-likeness (QED) is 0.792. The lowest BCUT2D eigenvalue weighted by atomic mass is 9.99. The summed E-state index contributed by atoms with van der Waals surface area (Å²) in [5, 5.41) is 8.64. The Morgan fingerprint density at radius 3 is 2.70 bits per heavy atom. The van der Waals surface area contributed by atoms with Crippen molar-refractivity contribution in [2.45, 2.75) is 26.3 Å². The van der Waals surface area contributed by atoms with Gasteiger partial charge in [-0.1, -0.05) is 49.4 Å². The topological polar surface area (TPSA) is 41.1 Å². The molecule has 3 nitrogen and oxygen atoms in total. The van der Waals surface area contributed by atoms with Crippen LogP contribution in [0.2, 0.25) is 0 Å². The van der Waals surface area contributed by atoms with E-state index in [0.29, 0.717) is 6.42 Å². The molecule has 0 heterocycles. The summed E-state index contributed by atoms with van der Waals surface area (Å²) in [5.74, 6) is 0.0892. The molecule has 1 unspecified atom stereocenters. The van der Waals surface area contributed by atoms with Crippen LogP contribution in [0, 0.1) is 0 Å². The molecule has 2 aromatic carbocycles. The van der Waals surface area contributed by atoms with Crippen molar-refractivity contribution in [2.75, 3.05) is 13.1 Å². The molecule has 0 aliphatic rings. The van der Waals surface area contributed by atoms with Crippen molar-refractivity contribution in [3.05, 3.63) is 48.0 Å². The molecular formula is C17H22N2O. The molecule has 0 fully saturated rings. The first-order chi connectivity index (χ1) is 9.72. The van der Waals surface area contributed by atoms with Gasteiger partial charge < -0.3 is 10.6 Å². The van der Waals surface area contributed by atoms with Crippen LogP contribution in [0.15, 0.2) is 42.5 Å². The van der Waals surface area contributed by atoms with Gasteiger partial charge in [-0.2, -0.15) is 0 Å². The Balaban J connectivity index is 2.07. The van der Waals surface area contributed by atoms with E-state index in [4.69, 9.17) is 0 Å². The normalized spacial score (nSPS) is 12.3. The van der Waals surface area contributed by atoms with Gasteiger partial charge in [0.2, 0.25) is 5.91 Å². The Morgan fingerprint density at radius 2 is 1.90 bits per heavy atom. The number of hydrogen-bond donors (Lipinski definition) is 2. The van der Waals surface area contributed by atoms with Gasteiger partial charge >= 0.3 is 0 Å². The Kier molecular flexibility index (Phi) is 5.13. The van der Waals surface area contributed by atoms with Crippen LogP contribution in [-0.2, 0) is 4.79 Å². The minimum atomic E-state index is 0.0234. The molecule has 0 saturated carbocycles. The van der Waals surface area contributed by atoms with Gasteiger partial charge in [0.1, 0.15) is 0 Å². The van der Waals surface area contributed by atoms with E-state index in [-0.39, 0.29) is 11.9 Å². The minimum absolute atomic E-state index is 0.0234. The molecule has 20 heavy (non-hydrogen) atoms. The molecule has 0 aromatic heterocycles. The number of rotatable bonds is 6. The smallest absolute Gasteiger partial charge is 0.221 e. The molecule has 0 radical (unpaired) electrons. The zero-order valence-electron chi connectivity index (χ0n) is 12.1. The van der Waals surface area contributed by atoms with Crippen LogP contribution in [0.1, 0.15) is 31.9 Å². The SMILES string of the molecule is CCNCCC(=O)NC(C)c1cccc2ccccc12. The van der Waals surface area contributed by atoms with Crippen molar-refractivity contribution < 1.29 is 4.79 Å². The van der Waals surface area contributed by atoms with Gasteiger partial charge in [0, 0.05) is 13.0 Å². The number of amides is 1. The van der Waals surface area contributed by atoms with E-state index >= 15 is 0 Å². The molecule has 0 spiro atoms. The standard InChI is InChI=1S/C17H22N2O/c1-3-18-12-11-17(20)19-13(2)15-10-6-8-14-7-4-5-9-16(14)15/h4-10,13,18H,3,11-12H2,1-2H3,(H,19,20). The number of fused-ring (bicyclic) bond motifs is 1. The van der Waals surface area contributed by atoms with E-state index < -0.39 is 0 Å². The average Bonchev–Trinajstić information content (AvgIpc) is 2.47. The molecule has 2 N–H and O–H groups in total. The second kappa shape index (κ2) is 7.06. The Bertz CT molecular complexity index is 575. The van der Waals surface area contributed by atoms with E-state index in [9.17, 15) is 4.79 Å². The van der Waals surface area contributed by atoms with Crippen LogP contribution in [0.4, 0.5) is 0 Å². The molecule has 0 aliphatic carbocycles. The van der Waals surface area contributed by atoms with Gasteiger partial charge in [-0.3, -0.25) is 4.79 Å². The van der Waals surface area contributed by atoms with Gasteiger partial charge in [0.25, 0.3) is 0 Å². The lowest BCUT2D eigenvalue weighted by Crippen LogP contribution is -2.29. The number of carbonyl (C=O) groups is 1. The average molecular weight is 270 g/mol. The predicted molar refractivity (Wildman–Crippen MR) is 83.7 cm³/mol. The van der Waals surface area contributed by atoms with E-state index in [1.165, 1.54) is 16.3 Å². The zero-order chi connectivity index (χ0) is 14.4. The summed E-state index contributed by atoms with van der Waals surface area (Å²) in [6, 6.07) is 14.5. The van der Waals surface area contributed by atoms with Crippen molar-refractivity contribution in [1.82, 2.24) is 10.6 Å². The number of benzene rings is 2.